The third kappa shape index (κ3) is 3.50. The van der Waals surface area contributed by atoms with E-state index < -0.39 is 0 Å². The number of nitrogens with zero attached hydrogens (tertiary/aromatic N) is 3. The van der Waals surface area contributed by atoms with Crippen LogP contribution in [-0.2, 0) is 0 Å². The lowest BCUT2D eigenvalue weighted by molar-refractivity contribution is 0.0712. The fourth-order valence-corrected chi connectivity index (χ4v) is 3.15. The van der Waals surface area contributed by atoms with Gasteiger partial charge in [0, 0.05) is 33.4 Å². The number of likely N-dealkylation sites (tertiary alicyclic amines) is 1. The zero-order chi connectivity index (χ0) is 17.1. The van der Waals surface area contributed by atoms with Crippen LogP contribution in [0.5, 0.6) is 5.75 Å². The van der Waals surface area contributed by atoms with Crippen molar-refractivity contribution in [3.63, 3.8) is 0 Å². The predicted octanol–water partition coefficient (Wildman–Crippen LogP) is 2.87. The molecule has 3 rings (SSSR count). The zero-order valence-corrected chi connectivity index (χ0v) is 14.1. The van der Waals surface area contributed by atoms with E-state index in [4.69, 9.17) is 0 Å². The van der Waals surface area contributed by atoms with Gasteiger partial charge in [-0.25, -0.2) is 4.98 Å². The number of hydrogen-bond donors (Lipinski definition) is 1. The summed E-state index contributed by atoms with van der Waals surface area (Å²) in [6.07, 6.45) is 3.48. The lowest BCUT2D eigenvalue weighted by Crippen LogP contribution is -2.38. The number of rotatable bonds is 3. The Bertz CT molecular complexity index is 705. The van der Waals surface area contributed by atoms with Crippen LogP contribution in [-0.4, -0.2) is 48.1 Å². The highest BCUT2D eigenvalue weighted by Gasteiger charge is 2.24. The van der Waals surface area contributed by atoms with Gasteiger partial charge >= 0.3 is 0 Å². The Labute approximate surface area is 142 Å². The van der Waals surface area contributed by atoms with Gasteiger partial charge in [0.15, 0.2) is 0 Å². The van der Waals surface area contributed by atoms with Gasteiger partial charge in [-0.15, -0.1) is 0 Å². The van der Waals surface area contributed by atoms with Crippen molar-refractivity contribution < 1.29 is 9.90 Å². The van der Waals surface area contributed by atoms with Crippen molar-refractivity contribution in [1.82, 2.24) is 9.88 Å². The van der Waals surface area contributed by atoms with Gasteiger partial charge in [0.05, 0.1) is 5.56 Å². The predicted molar refractivity (Wildman–Crippen MR) is 94.5 cm³/mol. The molecule has 24 heavy (non-hydrogen) atoms. The number of carbonyl (C=O) groups excluding carboxylic acids is 1. The maximum absolute atomic E-state index is 12.6. The lowest BCUT2D eigenvalue weighted by Gasteiger charge is -2.32. The van der Waals surface area contributed by atoms with Crippen LogP contribution in [0.1, 0.15) is 34.7 Å². The van der Waals surface area contributed by atoms with Crippen molar-refractivity contribution in [2.75, 3.05) is 32.1 Å². The molecule has 1 aromatic carbocycles. The molecule has 126 valence electrons. The molecule has 0 spiro atoms. The minimum Gasteiger partial charge on any atom is -0.508 e. The first-order valence-electron chi connectivity index (χ1n) is 8.26. The summed E-state index contributed by atoms with van der Waals surface area (Å²) < 4.78 is 0. The van der Waals surface area contributed by atoms with Crippen molar-refractivity contribution in [3.05, 3.63) is 53.7 Å². The summed E-state index contributed by atoms with van der Waals surface area (Å²) in [6, 6.07) is 11.1. The molecule has 1 N–H and O–H groups in total. The summed E-state index contributed by atoms with van der Waals surface area (Å²) in [6.45, 7) is 1.46. The van der Waals surface area contributed by atoms with Crippen LogP contribution in [0, 0.1) is 0 Å². The van der Waals surface area contributed by atoms with Gasteiger partial charge in [-0.3, -0.25) is 4.79 Å². The molecule has 0 saturated carbocycles. The molecule has 5 nitrogen and oxygen atoms in total. The molecular formula is C19H23N3O2. The number of anilines is 1. The van der Waals surface area contributed by atoms with Crippen molar-refractivity contribution in [3.8, 4) is 5.75 Å². The van der Waals surface area contributed by atoms with Crippen molar-refractivity contribution in [1.29, 1.82) is 0 Å². The highest BCUT2D eigenvalue weighted by Crippen LogP contribution is 2.30. The number of aromatic nitrogens is 1. The number of hydrogen-bond acceptors (Lipinski definition) is 4. The Morgan fingerprint density at radius 3 is 2.54 bits per heavy atom. The highest BCUT2D eigenvalue weighted by molar-refractivity contribution is 5.94. The van der Waals surface area contributed by atoms with Gasteiger partial charge in [0.25, 0.3) is 5.91 Å². The average Bonchev–Trinajstić information content (AvgIpc) is 2.61. The van der Waals surface area contributed by atoms with E-state index in [2.05, 4.69) is 4.98 Å². The number of piperidine rings is 1. The summed E-state index contributed by atoms with van der Waals surface area (Å²) in [4.78, 5) is 20.7. The Balaban J connectivity index is 1.62. The van der Waals surface area contributed by atoms with E-state index in [1.165, 1.54) is 0 Å². The molecule has 2 aromatic rings. The van der Waals surface area contributed by atoms with E-state index in [1.54, 1.807) is 12.3 Å². The van der Waals surface area contributed by atoms with Gasteiger partial charge in [-0.1, -0.05) is 12.1 Å². The second-order valence-corrected chi connectivity index (χ2v) is 6.46. The van der Waals surface area contributed by atoms with Gasteiger partial charge in [0.1, 0.15) is 11.6 Å². The molecular weight excluding hydrogens is 302 g/mol. The Morgan fingerprint density at radius 1 is 1.21 bits per heavy atom. The SMILES string of the molecule is CN(C)c1ccc(C(=O)N2CCC(c3cccc(O)c3)CC2)cn1. The summed E-state index contributed by atoms with van der Waals surface area (Å²) >= 11 is 0. The van der Waals surface area contributed by atoms with Crippen LogP contribution in [0.2, 0.25) is 0 Å². The first-order valence-corrected chi connectivity index (χ1v) is 8.26. The Kier molecular flexibility index (Phi) is 4.69. The summed E-state index contributed by atoms with van der Waals surface area (Å²) in [5.41, 5.74) is 1.79. The van der Waals surface area contributed by atoms with Crippen molar-refractivity contribution >= 4 is 11.7 Å². The largest absolute Gasteiger partial charge is 0.508 e. The van der Waals surface area contributed by atoms with Gasteiger partial charge < -0.3 is 14.9 Å². The van der Waals surface area contributed by atoms with Crippen LogP contribution in [0.25, 0.3) is 0 Å². The molecule has 0 radical (unpaired) electrons. The molecule has 1 amide bonds. The number of benzene rings is 1. The fraction of sp³-hybridized carbons (Fsp3) is 0.368. The Morgan fingerprint density at radius 2 is 1.96 bits per heavy atom. The monoisotopic (exact) mass is 325 g/mol. The maximum atomic E-state index is 12.6. The second kappa shape index (κ2) is 6.91. The van der Waals surface area contributed by atoms with Gasteiger partial charge in [0.2, 0.25) is 0 Å². The van der Waals surface area contributed by atoms with Crippen molar-refractivity contribution in [2.24, 2.45) is 0 Å². The number of phenolic OH excluding ortho intramolecular Hbond substituents is 1. The molecule has 2 heterocycles. The number of phenols is 1. The van der Waals surface area contributed by atoms with E-state index >= 15 is 0 Å². The molecule has 5 heteroatoms. The minimum atomic E-state index is 0.0437. The molecule has 1 aromatic heterocycles. The second-order valence-electron chi connectivity index (χ2n) is 6.46. The molecule has 0 bridgehead atoms. The summed E-state index contributed by atoms with van der Waals surface area (Å²) in [5, 5.41) is 9.62. The van der Waals surface area contributed by atoms with E-state index in [-0.39, 0.29) is 5.91 Å². The van der Waals surface area contributed by atoms with Crippen LogP contribution >= 0.6 is 0 Å². The molecule has 0 atom stereocenters. The van der Waals surface area contributed by atoms with E-state index in [1.807, 2.05) is 54.2 Å². The Hall–Kier alpha value is -2.56. The zero-order valence-electron chi connectivity index (χ0n) is 14.1. The molecule has 1 fully saturated rings. The maximum Gasteiger partial charge on any atom is 0.255 e. The molecule has 0 aliphatic carbocycles. The van der Waals surface area contributed by atoms with E-state index in [0.717, 1.165) is 37.3 Å². The van der Waals surface area contributed by atoms with Gasteiger partial charge in [-0.2, -0.15) is 0 Å². The molecule has 1 saturated heterocycles. The van der Waals surface area contributed by atoms with Crippen LogP contribution in [0.15, 0.2) is 42.6 Å². The highest BCUT2D eigenvalue weighted by atomic mass is 16.3. The third-order valence-corrected chi connectivity index (χ3v) is 4.58. The van der Waals surface area contributed by atoms with Gasteiger partial charge in [-0.05, 0) is 48.6 Å². The molecule has 0 unspecified atom stereocenters. The first-order chi connectivity index (χ1) is 11.5. The van der Waals surface area contributed by atoms with Crippen molar-refractivity contribution in [2.45, 2.75) is 18.8 Å². The van der Waals surface area contributed by atoms with Crippen LogP contribution in [0.3, 0.4) is 0 Å². The first kappa shape index (κ1) is 16.3. The fourth-order valence-electron chi connectivity index (χ4n) is 3.15. The molecule has 1 aliphatic heterocycles. The van der Waals surface area contributed by atoms with Crippen LogP contribution < -0.4 is 4.90 Å². The number of pyridine rings is 1. The smallest absolute Gasteiger partial charge is 0.255 e. The summed E-state index contributed by atoms with van der Waals surface area (Å²) in [5.74, 6) is 1.59. The third-order valence-electron chi connectivity index (χ3n) is 4.58. The minimum absolute atomic E-state index is 0.0437. The lowest BCUT2D eigenvalue weighted by atomic mass is 9.89. The molecule has 1 aliphatic rings. The van der Waals surface area contributed by atoms with E-state index in [9.17, 15) is 9.90 Å². The topological polar surface area (TPSA) is 56.7 Å². The standard InChI is InChI=1S/C19H23N3O2/c1-21(2)18-7-6-16(13-20-18)19(24)22-10-8-14(9-11-22)15-4-3-5-17(23)12-15/h3-7,12-14,23H,8-11H2,1-2H3. The number of aromatic hydroxyl groups is 1. The normalized spacial score (nSPS) is 15.3. The quantitative estimate of drug-likeness (QED) is 0.943. The number of carbonyl (C=O) groups is 1. The van der Waals surface area contributed by atoms with E-state index in [0.29, 0.717) is 17.2 Å². The summed E-state index contributed by atoms with van der Waals surface area (Å²) in [7, 11) is 3.85. The van der Waals surface area contributed by atoms with Crippen LogP contribution in [0.4, 0.5) is 5.82 Å². The number of amides is 1. The average molecular weight is 325 g/mol.